The lowest BCUT2D eigenvalue weighted by Gasteiger charge is -2.25. The first kappa shape index (κ1) is 13.4. The number of ether oxygens (including phenoxy) is 1. The summed E-state index contributed by atoms with van der Waals surface area (Å²) >= 11 is 0. The minimum Gasteiger partial charge on any atom is -0.480 e. The summed E-state index contributed by atoms with van der Waals surface area (Å²) in [6.07, 6.45) is 1.82. The summed E-state index contributed by atoms with van der Waals surface area (Å²) in [5.41, 5.74) is -0.953. The van der Waals surface area contributed by atoms with Crippen molar-refractivity contribution in [1.29, 1.82) is 0 Å². The molecular formula is C10H21NO3. The summed E-state index contributed by atoms with van der Waals surface area (Å²) in [5, 5.41) is 12.0. The van der Waals surface area contributed by atoms with Gasteiger partial charge in [0.15, 0.2) is 0 Å². The summed E-state index contributed by atoms with van der Waals surface area (Å²) < 4.78 is 5.26. The van der Waals surface area contributed by atoms with Crippen molar-refractivity contribution in [2.24, 2.45) is 0 Å². The molecule has 0 aromatic rings. The molecule has 0 heterocycles. The van der Waals surface area contributed by atoms with E-state index in [1.807, 2.05) is 13.8 Å². The highest BCUT2D eigenvalue weighted by atomic mass is 16.5. The normalized spacial score (nSPS) is 15.1. The van der Waals surface area contributed by atoms with Crippen LogP contribution in [0.2, 0.25) is 0 Å². The second-order valence-corrected chi connectivity index (χ2v) is 3.62. The molecule has 4 nitrogen and oxygen atoms in total. The maximum atomic E-state index is 11.0. The standard InChI is InChI=1S/C10H21NO3/c1-4-6-11-10(3,9(12)13)8-14-7-5-2/h11H,4-8H2,1-3H3,(H,12,13). The first-order valence-corrected chi connectivity index (χ1v) is 5.13. The Morgan fingerprint density at radius 1 is 1.43 bits per heavy atom. The third-order valence-electron chi connectivity index (χ3n) is 1.98. The van der Waals surface area contributed by atoms with Crippen molar-refractivity contribution in [3.8, 4) is 0 Å². The van der Waals surface area contributed by atoms with Crippen LogP contribution in [0.15, 0.2) is 0 Å². The van der Waals surface area contributed by atoms with Crippen molar-refractivity contribution in [3.05, 3.63) is 0 Å². The van der Waals surface area contributed by atoms with E-state index in [9.17, 15) is 4.79 Å². The smallest absolute Gasteiger partial charge is 0.326 e. The highest BCUT2D eigenvalue weighted by Gasteiger charge is 2.32. The Bertz CT molecular complexity index is 173. The van der Waals surface area contributed by atoms with E-state index >= 15 is 0 Å². The molecule has 1 atom stereocenters. The SMILES string of the molecule is CCCNC(C)(COCCC)C(=O)O. The zero-order valence-electron chi connectivity index (χ0n) is 9.30. The summed E-state index contributed by atoms with van der Waals surface area (Å²) in [4.78, 5) is 11.0. The minimum absolute atomic E-state index is 0.218. The number of carboxylic acids is 1. The molecule has 0 amide bonds. The highest BCUT2D eigenvalue weighted by Crippen LogP contribution is 2.05. The zero-order valence-corrected chi connectivity index (χ0v) is 9.30. The lowest BCUT2D eigenvalue weighted by atomic mass is 10.0. The fraction of sp³-hybridized carbons (Fsp3) is 0.900. The molecular weight excluding hydrogens is 182 g/mol. The van der Waals surface area contributed by atoms with Crippen LogP contribution in [0.1, 0.15) is 33.6 Å². The van der Waals surface area contributed by atoms with Gasteiger partial charge >= 0.3 is 5.97 Å². The topological polar surface area (TPSA) is 58.6 Å². The fourth-order valence-electron chi connectivity index (χ4n) is 1.01. The van der Waals surface area contributed by atoms with Crippen molar-refractivity contribution in [2.75, 3.05) is 19.8 Å². The van der Waals surface area contributed by atoms with Crippen LogP contribution in [-0.4, -0.2) is 36.4 Å². The molecule has 0 aromatic carbocycles. The third-order valence-corrected chi connectivity index (χ3v) is 1.98. The van der Waals surface area contributed by atoms with E-state index in [2.05, 4.69) is 5.32 Å². The van der Waals surface area contributed by atoms with E-state index in [1.165, 1.54) is 0 Å². The van der Waals surface area contributed by atoms with E-state index in [4.69, 9.17) is 9.84 Å². The molecule has 0 aliphatic carbocycles. The van der Waals surface area contributed by atoms with E-state index in [-0.39, 0.29) is 6.61 Å². The number of carbonyl (C=O) groups is 1. The van der Waals surface area contributed by atoms with Crippen LogP contribution in [-0.2, 0) is 9.53 Å². The molecule has 1 unspecified atom stereocenters. The van der Waals surface area contributed by atoms with Gasteiger partial charge in [-0.05, 0) is 26.3 Å². The molecule has 14 heavy (non-hydrogen) atoms. The lowest BCUT2D eigenvalue weighted by molar-refractivity contribution is -0.146. The number of hydrogen-bond donors (Lipinski definition) is 2. The van der Waals surface area contributed by atoms with Crippen LogP contribution in [0.4, 0.5) is 0 Å². The van der Waals surface area contributed by atoms with Gasteiger partial charge in [0.2, 0.25) is 0 Å². The zero-order chi connectivity index (χ0) is 11.0. The first-order chi connectivity index (χ1) is 6.56. The van der Waals surface area contributed by atoms with Gasteiger partial charge in [-0.3, -0.25) is 4.79 Å². The molecule has 84 valence electrons. The summed E-state index contributed by atoms with van der Waals surface area (Å²) in [6.45, 7) is 7.17. The van der Waals surface area contributed by atoms with Gasteiger partial charge in [0.05, 0.1) is 6.61 Å². The third kappa shape index (κ3) is 4.58. The Balaban J connectivity index is 4.03. The first-order valence-electron chi connectivity index (χ1n) is 5.13. The maximum absolute atomic E-state index is 11.0. The predicted molar refractivity (Wildman–Crippen MR) is 55.4 cm³/mol. The molecule has 0 aliphatic heterocycles. The van der Waals surface area contributed by atoms with E-state index < -0.39 is 11.5 Å². The number of rotatable bonds is 8. The minimum atomic E-state index is -0.953. The van der Waals surface area contributed by atoms with Crippen molar-refractivity contribution < 1.29 is 14.6 Å². The van der Waals surface area contributed by atoms with Crippen molar-refractivity contribution in [2.45, 2.75) is 39.2 Å². The van der Waals surface area contributed by atoms with Crippen molar-refractivity contribution >= 4 is 5.97 Å². The monoisotopic (exact) mass is 203 g/mol. The average molecular weight is 203 g/mol. The molecule has 0 aromatic heterocycles. The van der Waals surface area contributed by atoms with Crippen LogP contribution in [0.5, 0.6) is 0 Å². The van der Waals surface area contributed by atoms with Crippen molar-refractivity contribution in [1.82, 2.24) is 5.32 Å². The maximum Gasteiger partial charge on any atom is 0.326 e. The molecule has 0 rings (SSSR count). The molecule has 0 bridgehead atoms. The van der Waals surface area contributed by atoms with Gasteiger partial charge in [0.1, 0.15) is 5.54 Å². The predicted octanol–water partition coefficient (Wildman–Crippen LogP) is 1.26. The second-order valence-electron chi connectivity index (χ2n) is 3.62. The fourth-order valence-corrected chi connectivity index (χ4v) is 1.01. The second kappa shape index (κ2) is 6.79. The van der Waals surface area contributed by atoms with Crippen LogP contribution in [0.25, 0.3) is 0 Å². The summed E-state index contributed by atoms with van der Waals surface area (Å²) in [7, 11) is 0. The Kier molecular flexibility index (Phi) is 6.49. The molecule has 0 saturated carbocycles. The Labute approximate surface area is 85.6 Å². The van der Waals surface area contributed by atoms with Gasteiger partial charge in [-0.15, -0.1) is 0 Å². The van der Waals surface area contributed by atoms with Crippen LogP contribution >= 0.6 is 0 Å². The van der Waals surface area contributed by atoms with Gasteiger partial charge < -0.3 is 15.2 Å². The van der Waals surface area contributed by atoms with Gasteiger partial charge in [0, 0.05) is 6.61 Å². The Morgan fingerprint density at radius 2 is 2.07 bits per heavy atom. The van der Waals surface area contributed by atoms with Crippen molar-refractivity contribution in [3.63, 3.8) is 0 Å². The Morgan fingerprint density at radius 3 is 2.50 bits per heavy atom. The van der Waals surface area contributed by atoms with Crippen LogP contribution in [0, 0.1) is 0 Å². The largest absolute Gasteiger partial charge is 0.480 e. The molecule has 0 radical (unpaired) electrons. The quantitative estimate of drug-likeness (QED) is 0.583. The van der Waals surface area contributed by atoms with Crippen LogP contribution < -0.4 is 5.32 Å². The van der Waals surface area contributed by atoms with E-state index in [1.54, 1.807) is 6.92 Å². The molecule has 0 spiro atoms. The van der Waals surface area contributed by atoms with Gasteiger partial charge in [0.25, 0.3) is 0 Å². The molecule has 4 heteroatoms. The van der Waals surface area contributed by atoms with E-state index in [0.29, 0.717) is 13.2 Å². The molecule has 0 aliphatic rings. The Hall–Kier alpha value is -0.610. The average Bonchev–Trinajstić information content (AvgIpc) is 2.15. The van der Waals surface area contributed by atoms with Gasteiger partial charge in [-0.2, -0.15) is 0 Å². The number of carboxylic acid groups (broad SMARTS) is 1. The molecule has 0 fully saturated rings. The molecule has 0 saturated heterocycles. The lowest BCUT2D eigenvalue weighted by Crippen LogP contribution is -2.53. The number of hydrogen-bond acceptors (Lipinski definition) is 3. The number of aliphatic carboxylic acids is 1. The van der Waals surface area contributed by atoms with Gasteiger partial charge in [-0.1, -0.05) is 13.8 Å². The van der Waals surface area contributed by atoms with Crippen LogP contribution in [0.3, 0.4) is 0 Å². The number of nitrogens with one attached hydrogen (secondary N) is 1. The van der Waals surface area contributed by atoms with Gasteiger partial charge in [-0.25, -0.2) is 0 Å². The molecule has 2 N–H and O–H groups in total. The summed E-state index contributed by atoms with van der Waals surface area (Å²) in [6, 6.07) is 0. The van der Waals surface area contributed by atoms with E-state index in [0.717, 1.165) is 12.8 Å². The highest BCUT2D eigenvalue weighted by molar-refractivity contribution is 5.78. The summed E-state index contributed by atoms with van der Waals surface area (Å²) in [5.74, 6) is -0.859.